The Kier molecular flexibility index (Phi) is 5.12. The van der Waals surface area contributed by atoms with Crippen molar-refractivity contribution in [1.82, 2.24) is 14.7 Å². The molecule has 124 valence electrons. The Morgan fingerprint density at radius 2 is 2.17 bits per heavy atom. The van der Waals surface area contributed by atoms with Crippen LogP contribution in [0, 0.1) is 11.3 Å². The van der Waals surface area contributed by atoms with Crippen LogP contribution in [0.4, 0.5) is 0 Å². The molecule has 1 aromatic carbocycles. The van der Waals surface area contributed by atoms with Crippen LogP contribution in [0.3, 0.4) is 0 Å². The molecule has 1 aromatic heterocycles. The molecule has 0 unspecified atom stereocenters. The SMILES string of the molecule is N#Cc1ccc(OCC(=O)N2CCCC[C@H]2Cn2cccn2)cc1. The predicted molar refractivity (Wildman–Crippen MR) is 88.2 cm³/mol. The van der Waals surface area contributed by atoms with Crippen LogP contribution < -0.4 is 4.74 Å². The van der Waals surface area contributed by atoms with E-state index >= 15 is 0 Å². The molecule has 0 bridgehead atoms. The zero-order valence-electron chi connectivity index (χ0n) is 13.5. The fourth-order valence-corrected chi connectivity index (χ4v) is 3.00. The number of piperidine rings is 1. The Morgan fingerprint density at radius 1 is 1.33 bits per heavy atom. The van der Waals surface area contributed by atoms with Crippen molar-refractivity contribution in [3.63, 3.8) is 0 Å². The van der Waals surface area contributed by atoms with E-state index in [0.29, 0.717) is 11.3 Å². The lowest BCUT2D eigenvalue weighted by Gasteiger charge is -2.35. The van der Waals surface area contributed by atoms with E-state index in [0.717, 1.165) is 32.4 Å². The summed E-state index contributed by atoms with van der Waals surface area (Å²) >= 11 is 0. The van der Waals surface area contributed by atoms with Gasteiger partial charge in [0.25, 0.3) is 5.91 Å². The van der Waals surface area contributed by atoms with Crippen LogP contribution in [0.25, 0.3) is 0 Å². The summed E-state index contributed by atoms with van der Waals surface area (Å²) in [6.07, 6.45) is 6.82. The van der Waals surface area contributed by atoms with Crippen molar-refractivity contribution in [3.8, 4) is 11.8 Å². The molecule has 0 aliphatic carbocycles. The highest BCUT2D eigenvalue weighted by atomic mass is 16.5. The van der Waals surface area contributed by atoms with Gasteiger partial charge in [-0.05, 0) is 49.6 Å². The molecule has 6 nitrogen and oxygen atoms in total. The first kappa shape index (κ1) is 16.1. The van der Waals surface area contributed by atoms with Gasteiger partial charge in [0, 0.05) is 18.9 Å². The predicted octanol–water partition coefficient (Wildman–Crippen LogP) is 2.21. The quantitative estimate of drug-likeness (QED) is 0.845. The fourth-order valence-electron chi connectivity index (χ4n) is 3.00. The first-order chi connectivity index (χ1) is 11.8. The molecule has 2 aromatic rings. The number of rotatable bonds is 5. The number of carbonyl (C=O) groups is 1. The molecule has 0 N–H and O–H groups in total. The Hall–Kier alpha value is -2.81. The van der Waals surface area contributed by atoms with Gasteiger partial charge in [0.15, 0.2) is 6.61 Å². The van der Waals surface area contributed by atoms with Crippen molar-refractivity contribution in [2.45, 2.75) is 31.8 Å². The van der Waals surface area contributed by atoms with E-state index in [1.165, 1.54) is 0 Å². The van der Waals surface area contributed by atoms with E-state index in [9.17, 15) is 4.79 Å². The minimum atomic E-state index is -0.00350. The average Bonchev–Trinajstić information content (AvgIpc) is 3.13. The molecule has 0 saturated carbocycles. The van der Waals surface area contributed by atoms with E-state index < -0.39 is 0 Å². The highest BCUT2D eigenvalue weighted by Crippen LogP contribution is 2.19. The van der Waals surface area contributed by atoms with Crippen molar-refractivity contribution in [2.24, 2.45) is 0 Å². The maximum Gasteiger partial charge on any atom is 0.260 e. The number of nitriles is 1. The molecule has 2 heterocycles. The monoisotopic (exact) mass is 324 g/mol. The first-order valence-electron chi connectivity index (χ1n) is 8.16. The van der Waals surface area contributed by atoms with E-state index in [-0.39, 0.29) is 18.6 Å². The Labute approximate surface area is 141 Å². The summed E-state index contributed by atoms with van der Waals surface area (Å²) in [6, 6.07) is 10.9. The van der Waals surface area contributed by atoms with E-state index in [1.54, 1.807) is 30.5 Å². The van der Waals surface area contributed by atoms with Crippen molar-refractivity contribution in [1.29, 1.82) is 5.26 Å². The molecule has 1 aliphatic heterocycles. The van der Waals surface area contributed by atoms with Gasteiger partial charge >= 0.3 is 0 Å². The largest absolute Gasteiger partial charge is 0.484 e. The van der Waals surface area contributed by atoms with Crippen molar-refractivity contribution in [3.05, 3.63) is 48.3 Å². The van der Waals surface area contributed by atoms with Gasteiger partial charge in [-0.25, -0.2) is 0 Å². The van der Waals surface area contributed by atoms with Crippen LogP contribution in [0.1, 0.15) is 24.8 Å². The number of hydrogen-bond acceptors (Lipinski definition) is 4. The number of aromatic nitrogens is 2. The molecule has 0 radical (unpaired) electrons. The second-order valence-corrected chi connectivity index (χ2v) is 5.89. The molecule has 6 heteroatoms. The fraction of sp³-hybridized carbons (Fsp3) is 0.389. The van der Waals surface area contributed by atoms with Gasteiger partial charge in [0.05, 0.1) is 24.2 Å². The maximum atomic E-state index is 12.6. The molecule has 0 spiro atoms. The molecule has 1 amide bonds. The standard InChI is InChI=1S/C18H20N4O2/c19-12-15-5-7-17(8-6-15)24-14-18(23)22-11-2-1-4-16(22)13-21-10-3-9-20-21/h3,5-10,16H,1-2,4,11,13-14H2/t16-/m0/s1. The third-order valence-electron chi connectivity index (χ3n) is 4.25. The molecular weight excluding hydrogens is 304 g/mol. The van der Waals surface area contributed by atoms with Gasteiger partial charge in [0.2, 0.25) is 0 Å². The molecule has 24 heavy (non-hydrogen) atoms. The van der Waals surface area contributed by atoms with Gasteiger partial charge in [-0.1, -0.05) is 0 Å². The smallest absolute Gasteiger partial charge is 0.260 e. The number of hydrogen-bond donors (Lipinski definition) is 0. The number of amides is 1. The Bertz CT molecular complexity index is 704. The normalized spacial score (nSPS) is 17.3. The maximum absolute atomic E-state index is 12.6. The van der Waals surface area contributed by atoms with Crippen LogP contribution in [0.15, 0.2) is 42.7 Å². The number of carbonyl (C=O) groups excluding carboxylic acids is 1. The lowest BCUT2D eigenvalue weighted by molar-refractivity contribution is -0.137. The molecule has 3 rings (SSSR count). The lowest BCUT2D eigenvalue weighted by Crippen LogP contribution is -2.47. The van der Waals surface area contributed by atoms with Crippen molar-refractivity contribution >= 4 is 5.91 Å². The van der Waals surface area contributed by atoms with Crippen LogP contribution in [-0.4, -0.2) is 39.8 Å². The summed E-state index contributed by atoms with van der Waals surface area (Å²) < 4.78 is 7.45. The lowest BCUT2D eigenvalue weighted by atomic mass is 10.0. The van der Waals surface area contributed by atoms with Gasteiger partial charge in [-0.2, -0.15) is 10.4 Å². The summed E-state index contributed by atoms with van der Waals surface area (Å²) in [6.45, 7) is 1.50. The molecule has 1 aliphatic rings. The topological polar surface area (TPSA) is 71.2 Å². The van der Waals surface area contributed by atoms with Gasteiger partial charge < -0.3 is 9.64 Å². The van der Waals surface area contributed by atoms with Crippen LogP contribution in [0.5, 0.6) is 5.75 Å². The Morgan fingerprint density at radius 3 is 2.88 bits per heavy atom. The number of nitrogens with zero attached hydrogens (tertiary/aromatic N) is 4. The van der Waals surface area contributed by atoms with Crippen LogP contribution in [0.2, 0.25) is 0 Å². The van der Waals surface area contributed by atoms with Crippen molar-refractivity contribution < 1.29 is 9.53 Å². The third-order valence-corrected chi connectivity index (χ3v) is 4.25. The molecule has 1 saturated heterocycles. The third kappa shape index (κ3) is 3.93. The average molecular weight is 324 g/mol. The molecule has 1 fully saturated rings. The first-order valence-corrected chi connectivity index (χ1v) is 8.16. The summed E-state index contributed by atoms with van der Waals surface area (Å²) in [4.78, 5) is 14.5. The molecular formula is C18H20N4O2. The zero-order valence-corrected chi connectivity index (χ0v) is 13.5. The van der Waals surface area contributed by atoms with Crippen LogP contribution >= 0.6 is 0 Å². The van der Waals surface area contributed by atoms with E-state index in [2.05, 4.69) is 11.2 Å². The van der Waals surface area contributed by atoms with E-state index in [4.69, 9.17) is 10.00 Å². The minimum Gasteiger partial charge on any atom is -0.484 e. The van der Waals surface area contributed by atoms with Gasteiger partial charge in [-0.3, -0.25) is 9.48 Å². The van der Waals surface area contributed by atoms with E-state index in [1.807, 2.05) is 21.8 Å². The summed E-state index contributed by atoms with van der Waals surface area (Å²) in [5.74, 6) is 0.596. The second-order valence-electron chi connectivity index (χ2n) is 5.89. The van der Waals surface area contributed by atoms with Crippen molar-refractivity contribution in [2.75, 3.05) is 13.2 Å². The number of benzene rings is 1. The Balaban J connectivity index is 1.58. The summed E-state index contributed by atoms with van der Waals surface area (Å²) in [7, 11) is 0. The minimum absolute atomic E-state index is 0.00350. The van der Waals surface area contributed by atoms with Crippen LogP contribution in [-0.2, 0) is 11.3 Å². The van der Waals surface area contributed by atoms with Gasteiger partial charge in [0.1, 0.15) is 5.75 Å². The highest BCUT2D eigenvalue weighted by molar-refractivity contribution is 5.78. The van der Waals surface area contributed by atoms with Gasteiger partial charge in [-0.15, -0.1) is 0 Å². The zero-order chi connectivity index (χ0) is 16.8. The number of likely N-dealkylation sites (tertiary alicyclic amines) is 1. The number of ether oxygens (including phenoxy) is 1. The second kappa shape index (κ2) is 7.64. The highest BCUT2D eigenvalue weighted by Gasteiger charge is 2.27. The molecule has 1 atom stereocenters. The summed E-state index contributed by atoms with van der Waals surface area (Å²) in [5, 5.41) is 13.0. The summed E-state index contributed by atoms with van der Waals surface area (Å²) in [5.41, 5.74) is 0.573.